The summed E-state index contributed by atoms with van der Waals surface area (Å²) in [5, 5.41) is 6.93. The first-order valence-corrected chi connectivity index (χ1v) is 9.09. The highest BCUT2D eigenvalue weighted by molar-refractivity contribution is 5.79. The molecule has 0 radical (unpaired) electrons. The molecule has 0 spiro atoms. The smallest absolute Gasteiger partial charge is 0.191 e. The highest BCUT2D eigenvalue weighted by Gasteiger charge is 2.20. The van der Waals surface area contributed by atoms with Crippen LogP contribution in [0.5, 0.6) is 0 Å². The summed E-state index contributed by atoms with van der Waals surface area (Å²) in [6, 6.07) is 1.43. The van der Waals surface area contributed by atoms with Crippen molar-refractivity contribution in [2.75, 3.05) is 46.8 Å². The molecule has 0 aromatic carbocycles. The maximum Gasteiger partial charge on any atom is 0.191 e. The standard InChI is InChI=1S/C17H35N5/c1-15-8-4-5-12-22(15)13-7-10-19-17(18-2)20-14-16-9-6-11-21(16)3/h15-16H,4-14H2,1-3H3,(H2,18,19,20). The van der Waals surface area contributed by atoms with Crippen LogP contribution in [-0.2, 0) is 0 Å². The van der Waals surface area contributed by atoms with Crippen molar-refractivity contribution >= 4 is 5.96 Å². The number of rotatable bonds is 6. The topological polar surface area (TPSA) is 42.9 Å². The van der Waals surface area contributed by atoms with Crippen LogP contribution in [0.25, 0.3) is 0 Å². The van der Waals surface area contributed by atoms with E-state index in [1.165, 1.54) is 58.2 Å². The summed E-state index contributed by atoms with van der Waals surface area (Å²) < 4.78 is 0. The number of nitrogens with one attached hydrogen (secondary N) is 2. The van der Waals surface area contributed by atoms with Crippen LogP contribution in [0.15, 0.2) is 4.99 Å². The Morgan fingerprint density at radius 1 is 1.14 bits per heavy atom. The quantitative estimate of drug-likeness (QED) is 0.443. The van der Waals surface area contributed by atoms with E-state index in [2.05, 4.69) is 39.4 Å². The molecule has 5 heteroatoms. The van der Waals surface area contributed by atoms with Crippen LogP contribution in [0.2, 0.25) is 0 Å². The van der Waals surface area contributed by atoms with Crippen molar-refractivity contribution in [1.82, 2.24) is 20.4 Å². The maximum atomic E-state index is 4.34. The molecule has 2 fully saturated rings. The Kier molecular flexibility index (Phi) is 7.46. The molecule has 2 N–H and O–H groups in total. The summed E-state index contributed by atoms with van der Waals surface area (Å²) in [6.45, 7) is 8.08. The van der Waals surface area contributed by atoms with Crippen molar-refractivity contribution in [2.24, 2.45) is 4.99 Å². The second-order valence-electron chi connectivity index (χ2n) is 6.89. The highest BCUT2D eigenvalue weighted by Crippen LogP contribution is 2.16. The molecule has 0 aliphatic carbocycles. The Balaban J connectivity index is 1.58. The van der Waals surface area contributed by atoms with Crippen LogP contribution in [0.4, 0.5) is 0 Å². The number of guanidine groups is 1. The van der Waals surface area contributed by atoms with Gasteiger partial charge in [0.1, 0.15) is 0 Å². The van der Waals surface area contributed by atoms with E-state index >= 15 is 0 Å². The van der Waals surface area contributed by atoms with Gasteiger partial charge in [0.2, 0.25) is 0 Å². The van der Waals surface area contributed by atoms with Crippen LogP contribution in [-0.4, -0.2) is 74.7 Å². The summed E-state index contributed by atoms with van der Waals surface area (Å²) >= 11 is 0. The summed E-state index contributed by atoms with van der Waals surface area (Å²) in [7, 11) is 4.08. The minimum absolute atomic E-state index is 0.660. The molecule has 0 aromatic rings. The van der Waals surface area contributed by atoms with E-state index in [0.29, 0.717) is 6.04 Å². The highest BCUT2D eigenvalue weighted by atomic mass is 15.2. The maximum absolute atomic E-state index is 4.34. The minimum atomic E-state index is 0.660. The lowest BCUT2D eigenvalue weighted by Crippen LogP contribution is -2.45. The predicted molar refractivity (Wildman–Crippen MR) is 94.5 cm³/mol. The van der Waals surface area contributed by atoms with Crippen LogP contribution in [0, 0.1) is 0 Å². The molecule has 2 unspecified atom stereocenters. The molecule has 0 aromatic heterocycles. The Morgan fingerprint density at radius 2 is 2.00 bits per heavy atom. The van der Waals surface area contributed by atoms with Crippen molar-refractivity contribution in [1.29, 1.82) is 0 Å². The van der Waals surface area contributed by atoms with Gasteiger partial charge < -0.3 is 20.4 Å². The average molecular weight is 310 g/mol. The van der Waals surface area contributed by atoms with Crippen molar-refractivity contribution in [2.45, 2.75) is 57.5 Å². The summed E-state index contributed by atoms with van der Waals surface area (Å²) in [6.07, 6.45) is 7.95. The number of nitrogens with zero attached hydrogens (tertiary/aromatic N) is 3. The third kappa shape index (κ3) is 5.43. The molecule has 2 heterocycles. The fraction of sp³-hybridized carbons (Fsp3) is 0.941. The Morgan fingerprint density at radius 3 is 2.68 bits per heavy atom. The molecule has 0 saturated carbocycles. The zero-order valence-electron chi connectivity index (χ0n) is 14.8. The number of likely N-dealkylation sites (tertiary alicyclic amines) is 2. The summed E-state index contributed by atoms with van der Waals surface area (Å²) in [4.78, 5) is 9.41. The van der Waals surface area contributed by atoms with Crippen molar-refractivity contribution in [3.05, 3.63) is 0 Å². The van der Waals surface area contributed by atoms with E-state index in [4.69, 9.17) is 0 Å². The van der Waals surface area contributed by atoms with Gasteiger partial charge in [0.15, 0.2) is 5.96 Å². The molecular formula is C17H35N5. The number of piperidine rings is 1. The molecule has 2 aliphatic heterocycles. The molecule has 2 rings (SSSR count). The van der Waals surface area contributed by atoms with Crippen LogP contribution < -0.4 is 10.6 Å². The van der Waals surface area contributed by atoms with Gasteiger partial charge in [-0.2, -0.15) is 0 Å². The van der Waals surface area contributed by atoms with Gasteiger partial charge in [-0.05, 0) is 59.2 Å². The zero-order chi connectivity index (χ0) is 15.8. The van der Waals surface area contributed by atoms with E-state index in [0.717, 1.165) is 25.1 Å². The number of hydrogen-bond acceptors (Lipinski definition) is 3. The van der Waals surface area contributed by atoms with Crippen LogP contribution in [0.1, 0.15) is 45.4 Å². The fourth-order valence-corrected chi connectivity index (χ4v) is 3.65. The summed E-state index contributed by atoms with van der Waals surface area (Å²) in [5.74, 6) is 0.951. The van der Waals surface area contributed by atoms with Gasteiger partial charge in [0.25, 0.3) is 0 Å². The lowest BCUT2D eigenvalue weighted by atomic mass is 10.0. The third-order valence-electron chi connectivity index (χ3n) is 5.26. The molecule has 0 amide bonds. The number of hydrogen-bond donors (Lipinski definition) is 2. The van der Waals surface area contributed by atoms with Crippen LogP contribution >= 0.6 is 0 Å². The van der Waals surface area contributed by atoms with E-state index in [1.807, 2.05) is 7.05 Å². The molecule has 128 valence electrons. The minimum Gasteiger partial charge on any atom is -0.356 e. The molecule has 2 atom stereocenters. The summed E-state index contributed by atoms with van der Waals surface area (Å²) in [5.41, 5.74) is 0. The van der Waals surface area contributed by atoms with Crippen LogP contribution in [0.3, 0.4) is 0 Å². The molecule has 2 aliphatic rings. The SMILES string of the molecule is CN=C(NCCCN1CCCCC1C)NCC1CCCN1C. The number of aliphatic imine (C=N–C) groups is 1. The van der Waals surface area contributed by atoms with Gasteiger partial charge >= 0.3 is 0 Å². The van der Waals surface area contributed by atoms with E-state index in [1.54, 1.807) is 0 Å². The Labute approximate surface area is 136 Å². The molecule has 5 nitrogen and oxygen atoms in total. The Hall–Kier alpha value is -0.810. The lowest BCUT2D eigenvalue weighted by Gasteiger charge is -2.33. The predicted octanol–water partition coefficient (Wildman–Crippen LogP) is 1.51. The van der Waals surface area contributed by atoms with Gasteiger partial charge in [-0.15, -0.1) is 0 Å². The van der Waals surface area contributed by atoms with Gasteiger partial charge in [-0.25, -0.2) is 0 Å². The fourth-order valence-electron chi connectivity index (χ4n) is 3.65. The first-order chi connectivity index (χ1) is 10.7. The third-order valence-corrected chi connectivity index (χ3v) is 5.26. The first-order valence-electron chi connectivity index (χ1n) is 9.09. The van der Waals surface area contributed by atoms with E-state index in [-0.39, 0.29) is 0 Å². The van der Waals surface area contributed by atoms with Gasteiger partial charge in [0.05, 0.1) is 0 Å². The van der Waals surface area contributed by atoms with Gasteiger partial charge in [0, 0.05) is 38.8 Å². The van der Waals surface area contributed by atoms with Crippen molar-refractivity contribution < 1.29 is 0 Å². The Bertz CT molecular complexity index is 344. The molecular weight excluding hydrogens is 274 g/mol. The second-order valence-corrected chi connectivity index (χ2v) is 6.89. The average Bonchev–Trinajstić information content (AvgIpc) is 2.93. The van der Waals surface area contributed by atoms with Crippen molar-refractivity contribution in [3.8, 4) is 0 Å². The van der Waals surface area contributed by atoms with Gasteiger partial charge in [-0.3, -0.25) is 4.99 Å². The normalized spacial score (nSPS) is 28.0. The molecule has 22 heavy (non-hydrogen) atoms. The second kappa shape index (κ2) is 9.36. The number of likely N-dealkylation sites (N-methyl/N-ethyl adjacent to an activating group) is 1. The first kappa shape index (κ1) is 17.5. The monoisotopic (exact) mass is 309 g/mol. The van der Waals surface area contributed by atoms with Gasteiger partial charge in [-0.1, -0.05) is 6.42 Å². The molecule has 0 bridgehead atoms. The largest absolute Gasteiger partial charge is 0.356 e. The van der Waals surface area contributed by atoms with Crippen molar-refractivity contribution in [3.63, 3.8) is 0 Å². The van der Waals surface area contributed by atoms with E-state index < -0.39 is 0 Å². The van der Waals surface area contributed by atoms with E-state index in [9.17, 15) is 0 Å². The lowest BCUT2D eigenvalue weighted by molar-refractivity contribution is 0.159. The molecule has 2 saturated heterocycles. The zero-order valence-corrected chi connectivity index (χ0v) is 14.8.